The fourth-order valence-electron chi connectivity index (χ4n) is 7.85. The van der Waals surface area contributed by atoms with E-state index in [4.69, 9.17) is 0 Å². The van der Waals surface area contributed by atoms with E-state index in [0.29, 0.717) is 24.5 Å². The monoisotopic (exact) mass is 430 g/mol. The fourth-order valence-corrected chi connectivity index (χ4v) is 7.85. The summed E-state index contributed by atoms with van der Waals surface area (Å²) >= 11 is 0. The molecule has 4 saturated carbocycles. The summed E-state index contributed by atoms with van der Waals surface area (Å²) in [6.07, 6.45) is 9.69. The molecule has 0 aromatic heterocycles. The molecule has 2 saturated heterocycles. The Morgan fingerprint density at radius 3 is 1.94 bits per heavy atom. The number of hydrogen-bond acceptors (Lipinski definition) is 4. The van der Waals surface area contributed by atoms with Gasteiger partial charge in [-0.05, 0) is 83.0 Å². The molecule has 0 aromatic carbocycles. The molecule has 4 bridgehead atoms. The van der Waals surface area contributed by atoms with Gasteiger partial charge in [0.1, 0.15) is 0 Å². The van der Waals surface area contributed by atoms with Crippen LogP contribution in [-0.2, 0) is 9.59 Å². The molecule has 0 radical (unpaired) electrons. The lowest BCUT2D eigenvalue weighted by molar-refractivity contribution is -0.159. The van der Waals surface area contributed by atoms with Crippen LogP contribution >= 0.6 is 0 Å². The van der Waals surface area contributed by atoms with E-state index in [0.717, 1.165) is 89.1 Å². The number of likely N-dealkylation sites (tertiary alicyclic amines) is 1. The fraction of sp³-hybridized carbons (Fsp3) is 0.920. The molecule has 1 N–H and O–H groups in total. The number of rotatable bonds is 5. The Labute approximate surface area is 188 Å². The molecular formula is C25H42N4O2. The Morgan fingerprint density at radius 2 is 1.42 bits per heavy atom. The van der Waals surface area contributed by atoms with Crippen molar-refractivity contribution in [3.8, 4) is 0 Å². The molecule has 6 fully saturated rings. The molecule has 6 nitrogen and oxygen atoms in total. The normalized spacial score (nSPS) is 36.9. The zero-order valence-corrected chi connectivity index (χ0v) is 19.7. The van der Waals surface area contributed by atoms with Crippen molar-refractivity contribution < 1.29 is 9.59 Å². The minimum Gasteiger partial charge on any atom is -0.352 e. The lowest BCUT2D eigenvalue weighted by atomic mass is 9.49. The predicted octanol–water partition coefficient (Wildman–Crippen LogP) is 2.34. The Balaban J connectivity index is 1.06. The molecule has 2 amide bonds. The highest BCUT2D eigenvalue weighted by molar-refractivity contribution is 5.83. The van der Waals surface area contributed by atoms with Crippen LogP contribution in [0, 0.1) is 23.2 Å². The smallest absolute Gasteiger partial charge is 0.234 e. The van der Waals surface area contributed by atoms with Crippen LogP contribution in [-0.4, -0.2) is 84.4 Å². The van der Waals surface area contributed by atoms with Crippen LogP contribution in [0.4, 0.5) is 0 Å². The topological polar surface area (TPSA) is 55.9 Å². The van der Waals surface area contributed by atoms with E-state index in [1.807, 2.05) is 0 Å². The molecule has 0 atom stereocenters. The van der Waals surface area contributed by atoms with Gasteiger partial charge in [-0.25, -0.2) is 0 Å². The van der Waals surface area contributed by atoms with E-state index in [9.17, 15) is 9.59 Å². The molecule has 0 spiro atoms. The maximum absolute atomic E-state index is 13.5. The van der Waals surface area contributed by atoms with Gasteiger partial charge in [0.2, 0.25) is 11.8 Å². The summed E-state index contributed by atoms with van der Waals surface area (Å²) in [6.45, 7) is 10.4. The van der Waals surface area contributed by atoms with Gasteiger partial charge in [-0.3, -0.25) is 14.5 Å². The summed E-state index contributed by atoms with van der Waals surface area (Å²) in [5.41, 5.74) is -0.0286. The zero-order chi connectivity index (χ0) is 21.6. The lowest BCUT2D eigenvalue weighted by Gasteiger charge is -2.57. The minimum atomic E-state index is -0.0286. The SMILES string of the molecule is CC(C)N1CCC(NC(=O)CN2CCN(C(=O)C34CC5CC(CC(C5)C3)C4)CC2)CC1. The van der Waals surface area contributed by atoms with Gasteiger partial charge in [0.25, 0.3) is 0 Å². The Morgan fingerprint density at radius 1 is 0.871 bits per heavy atom. The van der Waals surface area contributed by atoms with Gasteiger partial charge >= 0.3 is 0 Å². The summed E-state index contributed by atoms with van der Waals surface area (Å²) in [4.78, 5) is 33.0. The Bertz CT molecular complexity index is 642. The van der Waals surface area contributed by atoms with Gasteiger partial charge in [0.15, 0.2) is 0 Å². The standard InChI is InChI=1S/C25H42N4O2/c1-18(2)28-5-3-22(4-6-28)26-23(30)17-27-7-9-29(10-8-27)24(31)25-14-19-11-20(15-25)13-21(12-19)16-25/h18-22H,3-17H2,1-2H3,(H,26,30). The third kappa shape index (κ3) is 4.52. The van der Waals surface area contributed by atoms with Gasteiger partial charge < -0.3 is 15.1 Å². The second-order valence-electron chi connectivity index (χ2n) is 11.7. The molecule has 4 aliphatic carbocycles. The average molecular weight is 431 g/mol. The van der Waals surface area contributed by atoms with Crippen molar-refractivity contribution in [1.29, 1.82) is 0 Å². The van der Waals surface area contributed by atoms with Gasteiger partial charge in [0.05, 0.1) is 12.0 Å². The number of piperazine rings is 1. The van der Waals surface area contributed by atoms with Crippen LogP contribution < -0.4 is 5.32 Å². The van der Waals surface area contributed by atoms with E-state index in [-0.39, 0.29) is 11.3 Å². The zero-order valence-electron chi connectivity index (χ0n) is 19.7. The van der Waals surface area contributed by atoms with E-state index in [1.165, 1.54) is 19.3 Å². The van der Waals surface area contributed by atoms with Gasteiger partial charge in [-0.1, -0.05) is 0 Å². The first-order chi connectivity index (χ1) is 14.9. The molecule has 6 rings (SSSR count). The van der Waals surface area contributed by atoms with Crippen LogP contribution in [0.15, 0.2) is 0 Å². The highest BCUT2D eigenvalue weighted by Gasteiger charge is 2.55. The quantitative estimate of drug-likeness (QED) is 0.727. The Hall–Kier alpha value is -1.14. The van der Waals surface area contributed by atoms with Gasteiger partial charge in [-0.15, -0.1) is 0 Å². The first-order valence-corrected chi connectivity index (χ1v) is 13.0. The number of nitrogens with one attached hydrogen (secondary N) is 1. The largest absolute Gasteiger partial charge is 0.352 e. The maximum atomic E-state index is 13.5. The highest BCUT2D eigenvalue weighted by Crippen LogP contribution is 2.60. The summed E-state index contributed by atoms with van der Waals surface area (Å²) in [6, 6.07) is 0.913. The van der Waals surface area contributed by atoms with Crippen LogP contribution in [0.5, 0.6) is 0 Å². The van der Waals surface area contributed by atoms with Crippen molar-refractivity contribution in [2.75, 3.05) is 45.8 Å². The number of nitrogens with zero attached hydrogens (tertiary/aromatic N) is 3. The van der Waals surface area contributed by atoms with Crippen molar-refractivity contribution in [3.63, 3.8) is 0 Å². The summed E-state index contributed by atoms with van der Waals surface area (Å²) in [7, 11) is 0. The summed E-state index contributed by atoms with van der Waals surface area (Å²) < 4.78 is 0. The van der Waals surface area contributed by atoms with Gasteiger partial charge in [0, 0.05) is 51.4 Å². The molecular weight excluding hydrogens is 388 g/mol. The second kappa shape index (κ2) is 8.66. The maximum Gasteiger partial charge on any atom is 0.234 e. The number of carbonyl (C=O) groups is 2. The molecule has 0 aromatic rings. The molecule has 0 unspecified atom stereocenters. The van der Waals surface area contributed by atoms with E-state index < -0.39 is 0 Å². The van der Waals surface area contributed by atoms with E-state index >= 15 is 0 Å². The number of amides is 2. The molecule has 6 aliphatic rings. The lowest BCUT2D eigenvalue weighted by Crippen LogP contribution is -2.58. The molecule has 6 heteroatoms. The van der Waals surface area contributed by atoms with Crippen molar-refractivity contribution in [2.24, 2.45) is 23.2 Å². The number of piperidine rings is 1. The van der Waals surface area contributed by atoms with Crippen molar-refractivity contribution >= 4 is 11.8 Å². The third-order valence-electron chi connectivity index (χ3n) is 9.14. The molecule has 2 heterocycles. The van der Waals surface area contributed by atoms with E-state index in [2.05, 4.69) is 33.9 Å². The van der Waals surface area contributed by atoms with Crippen molar-refractivity contribution in [3.05, 3.63) is 0 Å². The molecule has 174 valence electrons. The molecule has 2 aliphatic heterocycles. The number of hydrogen-bond donors (Lipinski definition) is 1. The van der Waals surface area contributed by atoms with Crippen LogP contribution in [0.3, 0.4) is 0 Å². The van der Waals surface area contributed by atoms with Crippen LogP contribution in [0.25, 0.3) is 0 Å². The second-order valence-corrected chi connectivity index (χ2v) is 11.7. The number of carbonyl (C=O) groups excluding carboxylic acids is 2. The van der Waals surface area contributed by atoms with Crippen molar-refractivity contribution in [1.82, 2.24) is 20.0 Å². The summed E-state index contributed by atoms with van der Waals surface area (Å²) in [5, 5.41) is 3.26. The summed E-state index contributed by atoms with van der Waals surface area (Å²) in [5.74, 6) is 3.05. The van der Waals surface area contributed by atoms with Crippen LogP contribution in [0.2, 0.25) is 0 Å². The van der Waals surface area contributed by atoms with Crippen LogP contribution in [0.1, 0.15) is 65.2 Å². The van der Waals surface area contributed by atoms with Gasteiger partial charge in [-0.2, -0.15) is 0 Å². The van der Waals surface area contributed by atoms with E-state index in [1.54, 1.807) is 0 Å². The average Bonchev–Trinajstić information content (AvgIpc) is 2.73. The van der Waals surface area contributed by atoms with Crippen molar-refractivity contribution in [2.45, 2.75) is 77.3 Å². The Kier molecular flexibility index (Phi) is 6.06. The minimum absolute atomic E-state index is 0.0286. The highest BCUT2D eigenvalue weighted by atomic mass is 16.2. The first kappa shape index (κ1) is 21.7. The molecule has 31 heavy (non-hydrogen) atoms. The predicted molar refractivity (Wildman–Crippen MR) is 121 cm³/mol. The third-order valence-corrected chi connectivity index (χ3v) is 9.14. The first-order valence-electron chi connectivity index (χ1n) is 13.0.